The predicted molar refractivity (Wildman–Crippen MR) is 66.4 cm³/mol. The van der Waals surface area contributed by atoms with E-state index in [9.17, 15) is 18.0 Å². The number of benzene rings is 1. The van der Waals surface area contributed by atoms with Gasteiger partial charge in [0, 0.05) is 0 Å². The number of aryl methyl sites for hydroxylation is 1. The highest BCUT2D eigenvalue weighted by molar-refractivity contribution is 5.75. The van der Waals surface area contributed by atoms with Gasteiger partial charge >= 0.3 is 12.1 Å². The van der Waals surface area contributed by atoms with Crippen molar-refractivity contribution in [2.24, 2.45) is 5.73 Å². The van der Waals surface area contributed by atoms with Gasteiger partial charge in [0.1, 0.15) is 11.8 Å². The fraction of sp³-hybridized carbons (Fsp3) is 0.462. The van der Waals surface area contributed by atoms with Crippen LogP contribution in [0, 0.1) is 6.92 Å². The van der Waals surface area contributed by atoms with Crippen molar-refractivity contribution in [3.05, 3.63) is 29.3 Å². The van der Waals surface area contributed by atoms with Crippen molar-refractivity contribution in [2.75, 3.05) is 13.7 Å². The summed E-state index contributed by atoms with van der Waals surface area (Å²) < 4.78 is 45.2. The van der Waals surface area contributed by atoms with E-state index in [-0.39, 0.29) is 12.2 Å². The van der Waals surface area contributed by atoms with E-state index >= 15 is 0 Å². The van der Waals surface area contributed by atoms with Gasteiger partial charge in [0.15, 0.2) is 6.61 Å². The van der Waals surface area contributed by atoms with Gasteiger partial charge in [0.2, 0.25) is 0 Å². The third kappa shape index (κ3) is 5.08. The molecule has 0 heterocycles. The number of esters is 1. The summed E-state index contributed by atoms with van der Waals surface area (Å²) in [7, 11) is 1.24. The molecule has 112 valence electrons. The zero-order valence-corrected chi connectivity index (χ0v) is 11.2. The van der Waals surface area contributed by atoms with Gasteiger partial charge in [-0.3, -0.25) is 4.79 Å². The topological polar surface area (TPSA) is 61.5 Å². The summed E-state index contributed by atoms with van der Waals surface area (Å²) >= 11 is 0. The normalized spacial score (nSPS) is 12.9. The van der Waals surface area contributed by atoms with Gasteiger partial charge in [0.05, 0.1) is 7.11 Å². The van der Waals surface area contributed by atoms with Gasteiger partial charge in [-0.1, -0.05) is 6.07 Å². The number of carbonyl (C=O) groups excluding carboxylic acids is 1. The monoisotopic (exact) mass is 291 g/mol. The first-order valence-electron chi connectivity index (χ1n) is 5.85. The molecule has 0 aliphatic heterocycles. The number of methoxy groups -OCH3 is 1. The molecule has 0 saturated heterocycles. The molecule has 0 aliphatic rings. The van der Waals surface area contributed by atoms with Crippen LogP contribution >= 0.6 is 0 Å². The van der Waals surface area contributed by atoms with Crippen molar-refractivity contribution in [3.8, 4) is 5.75 Å². The van der Waals surface area contributed by atoms with Crippen molar-refractivity contribution in [2.45, 2.75) is 25.6 Å². The molecule has 0 aromatic heterocycles. The highest BCUT2D eigenvalue weighted by atomic mass is 19.4. The van der Waals surface area contributed by atoms with Crippen molar-refractivity contribution in [1.29, 1.82) is 0 Å². The van der Waals surface area contributed by atoms with Crippen LogP contribution in [0.1, 0.15) is 11.1 Å². The van der Waals surface area contributed by atoms with E-state index in [2.05, 4.69) is 9.47 Å². The molecular weight excluding hydrogens is 275 g/mol. The predicted octanol–water partition coefficient (Wildman–Crippen LogP) is 1.98. The van der Waals surface area contributed by atoms with Crippen LogP contribution in [-0.4, -0.2) is 31.9 Å². The first kappa shape index (κ1) is 16.3. The maximum atomic E-state index is 12.0. The Bertz CT molecular complexity index is 474. The van der Waals surface area contributed by atoms with Gasteiger partial charge in [-0.15, -0.1) is 0 Å². The number of nitrogens with two attached hydrogens (primary N) is 1. The lowest BCUT2D eigenvalue weighted by molar-refractivity contribution is -0.153. The molecule has 0 fully saturated rings. The summed E-state index contributed by atoms with van der Waals surface area (Å²) in [6.45, 7) is 0.368. The van der Waals surface area contributed by atoms with Crippen LogP contribution in [-0.2, 0) is 16.0 Å². The second-order valence-corrected chi connectivity index (χ2v) is 4.33. The lowest BCUT2D eigenvalue weighted by atomic mass is 10.0. The Morgan fingerprint density at radius 1 is 1.40 bits per heavy atom. The van der Waals surface area contributed by atoms with E-state index in [0.29, 0.717) is 5.56 Å². The molecule has 1 unspecified atom stereocenters. The minimum Gasteiger partial charge on any atom is -0.484 e. The van der Waals surface area contributed by atoms with Crippen molar-refractivity contribution >= 4 is 5.97 Å². The molecule has 2 N–H and O–H groups in total. The first-order chi connectivity index (χ1) is 9.23. The molecule has 0 aliphatic carbocycles. The Morgan fingerprint density at radius 3 is 2.55 bits per heavy atom. The van der Waals surface area contributed by atoms with Crippen molar-refractivity contribution < 1.29 is 27.4 Å². The standard InChI is InChI=1S/C13H16F3NO3/c1-8-5-10(20-7-13(14,15)16)4-3-9(8)6-11(17)12(18)19-2/h3-5,11H,6-7,17H2,1-2H3. The van der Waals surface area contributed by atoms with Crippen LogP contribution in [0.5, 0.6) is 5.75 Å². The lowest BCUT2D eigenvalue weighted by Gasteiger charge is -2.14. The summed E-state index contributed by atoms with van der Waals surface area (Å²) in [6.07, 6.45) is -4.13. The van der Waals surface area contributed by atoms with Crippen LogP contribution < -0.4 is 10.5 Å². The zero-order chi connectivity index (χ0) is 15.3. The van der Waals surface area contributed by atoms with E-state index in [1.165, 1.54) is 19.2 Å². The molecule has 0 bridgehead atoms. The number of hydrogen-bond acceptors (Lipinski definition) is 4. The third-order valence-electron chi connectivity index (χ3n) is 2.66. The summed E-state index contributed by atoms with van der Waals surface area (Å²) in [5, 5.41) is 0. The lowest BCUT2D eigenvalue weighted by Crippen LogP contribution is -2.33. The second kappa shape index (κ2) is 6.60. The highest BCUT2D eigenvalue weighted by Gasteiger charge is 2.28. The molecule has 1 atom stereocenters. The van der Waals surface area contributed by atoms with Crippen LogP contribution in [0.15, 0.2) is 18.2 Å². The molecule has 20 heavy (non-hydrogen) atoms. The summed E-state index contributed by atoms with van der Waals surface area (Å²) in [4.78, 5) is 11.2. The minimum atomic E-state index is -4.38. The Kier molecular flexibility index (Phi) is 5.38. The number of carbonyl (C=O) groups is 1. The molecule has 0 saturated carbocycles. The van der Waals surface area contributed by atoms with Gasteiger partial charge < -0.3 is 15.2 Å². The van der Waals surface area contributed by atoms with E-state index in [1.807, 2.05) is 0 Å². The Morgan fingerprint density at radius 2 is 2.05 bits per heavy atom. The minimum absolute atomic E-state index is 0.121. The van der Waals surface area contributed by atoms with Crippen LogP contribution in [0.25, 0.3) is 0 Å². The molecule has 0 radical (unpaired) electrons. The van der Waals surface area contributed by atoms with Gasteiger partial charge in [-0.25, -0.2) is 0 Å². The zero-order valence-electron chi connectivity index (χ0n) is 11.2. The maximum absolute atomic E-state index is 12.0. The Hall–Kier alpha value is -1.76. The van der Waals surface area contributed by atoms with E-state index in [0.717, 1.165) is 5.56 Å². The number of ether oxygens (including phenoxy) is 2. The summed E-state index contributed by atoms with van der Waals surface area (Å²) in [5.74, 6) is -0.419. The van der Waals surface area contributed by atoms with Gasteiger partial charge in [-0.05, 0) is 36.6 Å². The second-order valence-electron chi connectivity index (χ2n) is 4.33. The molecule has 1 rings (SSSR count). The largest absolute Gasteiger partial charge is 0.484 e. The first-order valence-corrected chi connectivity index (χ1v) is 5.85. The van der Waals surface area contributed by atoms with Crippen molar-refractivity contribution in [3.63, 3.8) is 0 Å². The van der Waals surface area contributed by atoms with Crippen LogP contribution in [0.4, 0.5) is 13.2 Å². The number of rotatable bonds is 5. The van der Waals surface area contributed by atoms with Gasteiger partial charge in [0.25, 0.3) is 0 Å². The molecule has 7 heteroatoms. The quantitative estimate of drug-likeness (QED) is 0.843. The number of halogens is 3. The molecule has 1 aromatic rings. The summed E-state index contributed by atoms with van der Waals surface area (Å²) in [5.41, 5.74) is 7.08. The van der Waals surface area contributed by atoms with Crippen LogP contribution in [0.2, 0.25) is 0 Å². The summed E-state index contributed by atoms with van der Waals surface area (Å²) in [6, 6.07) is 3.67. The van der Waals surface area contributed by atoms with Crippen LogP contribution in [0.3, 0.4) is 0 Å². The Balaban J connectivity index is 2.71. The molecule has 0 spiro atoms. The maximum Gasteiger partial charge on any atom is 0.422 e. The van der Waals surface area contributed by atoms with Crippen molar-refractivity contribution in [1.82, 2.24) is 0 Å². The highest BCUT2D eigenvalue weighted by Crippen LogP contribution is 2.21. The number of hydrogen-bond donors (Lipinski definition) is 1. The average molecular weight is 291 g/mol. The molecule has 1 aromatic carbocycles. The average Bonchev–Trinajstić information content (AvgIpc) is 2.37. The molecule has 4 nitrogen and oxygen atoms in total. The fourth-order valence-corrected chi connectivity index (χ4v) is 1.62. The Labute approximate surface area is 114 Å². The van der Waals surface area contributed by atoms with E-state index in [1.54, 1.807) is 13.0 Å². The number of alkyl halides is 3. The third-order valence-corrected chi connectivity index (χ3v) is 2.66. The SMILES string of the molecule is COC(=O)C(N)Cc1ccc(OCC(F)(F)F)cc1C. The van der Waals surface area contributed by atoms with Gasteiger partial charge in [-0.2, -0.15) is 13.2 Å². The fourth-order valence-electron chi connectivity index (χ4n) is 1.62. The smallest absolute Gasteiger partial charge is 0.422 e. The van der Waals surface area contributed by atoms with E-state index < -0.39 is 24.8 Å². The molecular formula is C13H16F3NO3. The van der Waals surface area contributed by atoms with E-state index in [4.69, 9.17) is 5.73 Å². The molecule has 0 amide bonds.